The van der Waals surface area contributed by atoms with Crippen molar-refractivity contribution in [1.82, 2.24) is 4.90 Å². The van der Waals surface area contributed by atoms with E-state index in [0.717, 1.165) is 0 Å². The van der Waals surface area contributed by atoms with Crippen LogP contribution in [0, 0.1) is 0 Å². The number of amides is 1. The summed E-state index contributed by atoms with van der Waals surface area (Å²) in [6.45, 7) is 2.57. The molecule has 1 aliphatic heterocycles. The molecule has 2 rings (SSSR count). The highest BCUT2D eigenvalue weighted by Gasteiger charge is 2.41. The van der Waals surface area contributed by atoms with E-state index in [1.807, 2.05) is 0 Å². The zero-order chi connectivity index (χ0) is 14.8. The van der Waals surface area contributed by atoms with Crippen LogP contribution >= 0.6 is 22.9 Å². The Morgan fingerprint density at radius 2 is 2.10 bits per heavy atom. The van der Waals surface area contributed by atoms with Crippen LogP contribution in [0.3, 0.4) is 0 Å². The smallest absolute Gasteiger partial charge is 0.338 e. The van der Waals surface area contributed by atoms with E-state index >= 15 is 0 Å². The lowest BCUT2D eigenvalue weighted by atomic mass is 9.91. The molecule has 7 heteroatoms. The largest absolute Gasteiger partial charge is 0.464 e. The van der Waals surface area contributed by atoms with Crippen LogP contribution < -0.4 is 0 Å². The summed E-state index contributed by atoms with van der Waals surface area (Å²) in [6.07, 6.45) is 0.382. The Kier molecular flexibility index (Phi) is 4.67. The Hall–Kier alpha value is -1.11. The van der Waals surface area contributed by atoms with E-state index in [0.29, 0.717) is 22.3 Å². The van der Waals surface area contributed by atoms with Crippen molar-refractivity contribution in [3.8, 4) is 0 Å². The lowest BCUT2D eigenvalue weighted by Gasteiger charge is -2.36. The van der Waals surface area contributed by atoms with Crippen LogP contribution in [0.4, 0.5) is 0 Å². The monoisotopic (exact) mass is 317 g/mol. The molecule has 0 atom stereocenters. The maximum atomic E-state index is 12.2. The molecule has 0 aromatic carbocycles. The number of ether oxygens (including phenoxy) is 1. The first-order valence-electron chi connectivity index (χ1n) is 6.40. The van der Waals surface area contributed by atoms with Crippen molar-refractivity contribution in [3.63, 3.8) is 0 Å². The lowest BCUT2D eigenvalue weighted by Crippen LogP contribution is -2.51. The summed E-state index contributed by atoms with van der Waals surface area (Å²) in [6, 6.07) is 3.36. The normalized spacial score (nSPS) is 17.9. The molecule has 1 aromatic rings. The highest BCUT2D eigenvalue weighted by molar-refractivity contribution is 7.17. The predicted octanol–water partition coefficient (Wildman–Crippen LogP) is 1.93. The van der Waals surface area contributed by atoms with E-state index < -0.39 is 11.6 Å². The van der Waals surface area contributed by atoms with Crippen molar-refractivity contribution in [2.24, 2.45) is 0 Å². The number of likely N-dealkylation sites (tertiary alicyclic amines) is 1. The quantitative estimate of drug-likeness (QED) is 0.865. The van der Waals surface area contributed by atoms with Gasteiger partial charge in [-0.3, -0.25) is 4.79 Å². The first-order chi connectivity index (χ1) is 9.46. The Balaban J connectivity index is 1.97. The Morgan fingerprint density at radius 3 is 2.60 bits per heavy atom. The molecule has 0 spiro atoms. The summed E-state index contributed by atoms with van der Waals surface area (Å²) < 4.78 is 5.42. The zero-order valence-electron chi connectivity index (χ0n) is 11.1. The van der Waals surface area contributed by atoms with Gasteiger partial charge in [0, 0.05) is 25.9 Å². The van der Waals surface area contributed by atoms with E-state index in [1.165, 1.54) is 11.3 Å². The molecular weight excluding hydrogens is 302 g/mol. The molecule has 1 N–H and O–H groups in total. The Morgan fingerprint density at radius 1 is 1.45 bits per heavy atom. The van der Waals surface area contributed by atoms with E-state index in [2.05, 4.69) is 0 Å². The summed E-state index contributed by atoms with van der Waals surface area (Å²) in [5, 5.41) is 10.2. The van der Waals surface area contributed by atoms with Gasteiger partial charge in [-0.25, -0.2) is 4.79 Å². The lowest BCUT2D eigenvalue weighted by molar-refractivity contribution is -0.169. The SMILES string of the molecule is CCOC(=O)C1(O)CCN(C(=O)c2ccc(Cl)s2)CC1. The molecule has 20 heavy (non-hydrogen) atoms. The van der Waals surface area contributed by atoms with Crippen molar-refractivity contribution in [1.29, 1.82) is 0 Å². The number of hydrogen-bond donors (Lipinski definition) is 1. The molecule has 0 aliphatic carbocycles. The number of nitrogens with zero attached hydrogens (tertiary/aromatic N) is 1. The summed E-state index contributed by atoms with van der Waals surface area (Å²) in [5.41, 5.74) is -1.47. The van der Waals surface area contributed by atoms with Crippen LogP contribution in [0.2, 0.25) is 4.34 Å². The first kappa shape index (κ1) is 15.3. The van der Waals surface area contributed by atoms with Crippen LogP contribution in [0.15, 0.2) is 12.1 Å². The van der Waals surface area contributed by atoms with E-state index in [1.54, 1.807) is 24.0 Å². The molecule has 0 unspecified atom stereocenters. The van der Waals surface area contributed by atoms with Gasteiger partial charge in [0.2, 0.25) is 0 Å². The molecule has 1 amide bonds. The fourth-order valence-electron chi connectivity index (χ4n) is 2.13. The highest BCUT2D eigenvalue weighted by atomic mass is 35.5. The minimum Gasteiger partial charge on any atom is -0.464 e. The number of esters is 1. The minimum atomic E-state index is -1.47. The van der Waals surface area contributed by atoms with Crippen molar-refractivity contribution < 1.29 is 19.4 Å². The third kappa shape index (κ3) is 3.13. The van der Waals surface area contributed by atoms with Crippen LogP contribution in [0.1, 0.15) is 29.4 Å². The molecule has 2 heterocycles. The van der Waals surface area contributed by atoms with Crippen LogP contribution in [0.25, 0.3) is 0 Å². The van der Waals surface area contributed by atoms with E-state index in [4.69, 9.17) is 16.3 Å². The third-order valence-electron chi connectivity index (χ3n) is 3.32. The molecule has 0 radical (unpaired) electrons. The summed E-state index contributed by atoms with van der Waals surface area (Å²) in [7, 11) is 0. The standard InChI is InChI=1S/C13H16ClNO4S/c1-2-19-12(17)13(18)5-7-15(8-6-13)11(16)9-3-4-10(14)20-9/h3-4,18H,2,5-8H2,1H3. The van der Waals surface area contributed by atoms with Gasteiger partial charge in [-0.1, -0.05) is 11.6 Å². The van der Waals surface area contributed by atoms with Gasteiger partial charge in [0.1, 0.15) is 0 Å². The molecule has 0 bridgehead atoms. The van der Waals surface area contributed by atoms with E-state index in [9.17, 15) is 14.7 Å². The van der Waals surface area contributed by atoms with Crippen molar-refractivity contribution in [2.75, 3.05) is 19.7 Å². The number of piperidine rings is 1. The molecule has 1 fully saturated rings. The number of aliphatic hydroxyl groups is 1. The van der Waals surface area contributed by atoms with Crippen molar-refractivity contribution >= 4 is 34.8 Å². The van der Waals surface area contributed by atoms with Gasteiger partial charge in [0.15, 0.2) is 5.60 Å². The number of carbonyl (C=O) groups excluding carboxylic acids is 2. The second-order valence-corrected chi connectivity index (χ2v) is 6.36. The predicted molar refractivity (Wildman–Crippen MR) is 76.0 cm³/mol. The fraction of sp³-hybridized carbons (Fsp3) is 0.538. The van der Waals surface area contributed by atoms with Gasteiger partial charge in [-0.05, 0) is 19.1 Å². The molecule has 1 saturated heterocycles. The summed E-state index contributed by atoms with van der Waals surface area (Å²) in [4.78, 5) is 26.1. The zero-order valence-corrected chi connectivity index (χ0v) is 12.7. The fourth-order valence-corrected chi connectivity index (χ4v) is 3.15. The van der Waals surface area contributed by atoms with Crippen LogP contribution in [-0.2, 0) is 9.53 Å². The topological polar surface area (TPSA) is 66.8 Å². The van der Waals surface area contributed by atoms with Gasteiger partial charge >= 0.3 is 5.97 Å². The molecular formula is C13H16ClNO4S. The highest BCUT2D eigenvalue weighted by Crippen LogP contribution is 2.27. The second-order valence-electron chi connectivity index (χ2n) is 4.65. The molecule has 110 valence electrons. The van der Waals surface area contributed by atoms with Crippen LogP contribution in [-0.4, -0.2) is 47.2 Å². The summed E-state index contributed by atoms with van der Waals surface area (Å²) in [5.74, 6) is -0.723. The maximum absolute atomic E-state index is 12.2. The molecule has 1 aliphatic rings. The third-order valence-corrected chi connectivity index (χ3v) is 4.54. The van der Waals surface area contributed by atoms with Gasteiger partial charge in [-0.15, -0.1) is 11.3 Å². The number of carbonyl (C=O) groups is 2. The second kappa shape index (κ2) is 6.11. The maximum Gasteiger partial charge on any atom is 0.338 e. The van der Waals surface area contributed by atoms with Gasteiger partial charge in [0.25, 0.3) is 5.91 Å². The van der Waals surface area contributed by atoms with Gasteiger partial charge in [0.05, 0.1) is 15.8 Å². The average Bonchev–Trinajstić information content (AvgIpc) is 2.86. The first-order valence-corrected chi connectivity index (χ1v) is 7.60. The molecule has 5 nitrogen and oxygen atoms in total. The van der Waals surface area contributed by atoms with Gasteiger partial charge in [-0.2, -0.15) is 0 Å². The molecule has 0 saturated carbocycles. The Labute approximate surface area is 126 Å². The molecule has 1 aromatic heterocycles. The average molecular weight is 318 g/mol. The number of halogens is 1. The number of rotatable bonds is 3. The van der Waals surface area contributed by atoms with Crippen LogP contribution in [0.5, 0.6) is 0 Å². The Bertz CT molecular complexity index is 508. The van der Waals surface area contributed by atoms with Crippen molar-refractivity contribution in [3.05, 3.63) is 21.3 Å². The summed E-state index contributed by atoms with van der Waals surface area (Å²) >= 11 is 7.04. The van der Waals surface area contributed by atoms with E-state index in [-0.39, 0.29) is 25.4 Å². The van der Waals surface area contributed by atoms with Crippen molar-refractivity contribution in [2.45, 2.75) is 25.4 Å². The van der Waals surface area contributed by atoms with Gasteiger partial charge < -0.3 is 14.7 Å². The number of thiophene rings is 1. The number of hydrogen-bond acceptors (Lipinski definition) is 5. The minimum absolute atomic E-state index is 0.118.